The van der Waals surface area contributed by atoms with Crippen molar-refractivity contribution in [1.29, 1.82) is 0 Å². The summed E-state index contributed by atoms with van der Waals surface area (Å²) in [6.45, 7) is 7.46. The third-order valence-electron chi connectivity index (χ3n) is 14.5. The molecule has 0 saturated heterocycles. The van der Waals surface area contributed by atoms with Crippen LogP contribution in [0.3, 0.4) is 0 Å². The molecule has 354 valence electrons. The van der Waals surface area contributed by atoms with Crippen LogP contribution in [-0.4, -0.2) is 50.1 Å². The molecule has 0 aromatic heterocycles. The van der Waals surface area contributed by atoms with Crippen LogP contribution in [0.2, 0.25) is 0 Å². The Kier molecular flexibility index (Phi) is 14.7. The lowest BCUT2D eigenvalue weighted by atomic mass is 9.81. The second-order valence-corrected chi connectivity index (χ2v) is 19.1. The first-order valence-corrected chi connectivity index (χ1v) is 24.7. The molecular formula is C61H64N2O6. The van der Waals surface area contributed by atoms with Gasteiger partial charge in [-0.2, -0.15) is 0 Å². The number of benzene rings is 4. The number of Topliss-reactive ketones (excluding diaryl/α,β-unsaturated/α-hetero) is 1. The maximum atomic E-state index is 14.1. The molecule has 2 N–H and O–H groups in total. The van der Waals surface area contributed by atoms with Gasteiger partial charge in [0.2, 0.25) is 0 Å². The first-order valence-electron chi connectivity index (χ1n) is 24.7. The van der Waals surface area contributed by atoms with E-state index in [9.17, 15) is 9.59 Å². The van der Waals surface area contributed by atoms with E-state index in [0.29, 0.717) is 78.2 Å². The highest BCUT2D eigenvalue weighted by molar-refractivity contribution is 6.02. The predicted octanol–water partition coefficient (Wildman–Crippen LogP) is 13.5. The molecule has 0 bridgehead atoms. The van der Waals surface area contributed by atoms with Crippen LogP contribution in [0.4, 0.5) is 5.69 Å². The molecule has 4 atom stereocenters. The van der Waals surface area contributed by atoms with Crippen LogP contribution in [0.25, 0.3) is 23.3 Å². The molecule has 0 spiro atoms. The van der Waals surface area contributed by atoms with Gasteiger partial charge in [-0.05, 0) is 144 Å². The van der Waals surface area contributed by atoms with E-state index in [2.05, 4.69) is 67.8 Å². The molecule has 4 aromatic rings. The molecule has 2 aliphatic heterocycles. The summed E-state index contributed by atoms with van der Waals surface area (Å²) in [5.74, 6) is 3.41. The number of hydrogen-bond acceptors (Lipinski definition) is 7. The summed E-state index contributed by atoms with van der Waals surface area (Å²) in [4.78, 5) is 29.9. The average Bonchev–Trinajstić information content (AvgIpc) is 3.75. The Bertz CT molecular complexity index is 2820. The van der Waals surface area contributed by atoms with Gasteiger partial charge in [-0.25, -0.2) is 0 Å². The third kappa shape index (κ3) is 10.8. The SMILES string of the molecule is C=C1CCC(CCC)CCC1Cc1ccc(C2=CC=C3CC(=O)c4cc(OC)c(OCCCOc5cc6c(cc5OC)C(=O)N5C=C(c7ccc(N)cc7)C[C@H]5/C=C/C=C/6)cc4C=C=C[C@@H]3C2)cc1. The number of fused-ring (bicyclic) bond motifs is 4. The van der Waals surface area contributed by atoms with Crippen molar-refractivity contribution in [1.82, 2.24) is 4.90 Å². The molecule has 2 unspecified atom stereocenters. The molecule has 9 rings (SSSR count). The Balaban J connectivity index is 0.826. The number of carbonyl (C=O) groups excluding carboxylic acids is 2. The van der Waals surface area contributed by atoms with Gasteiger partial charge in [0, 0.05) is 36.2 Å². The molecular weight excluding hydrogens is 857 g/mol. The number of nitrogens with two attached hydrogens (primary N) is 1. The molecule has 2 heterocycles. The van der Waals surface area contributed by atoms with E-state index in [4.69, 9.17) is 24.7 Å². The Hall–Kier alpha value is -7.02. The first-order chi connectivity index (χ1) is 33.7. The van der Waals surface area contributed by atoms with Crippen LogP contribution in [0, 0.1) is 17.8 Å². The Morgan fingerprint density at radius 3 is 2.23 bits per heavy atom. The maximum absolute atomic E-state index is 14.1. The largest absolute Gasteiger partial charge is 0.493 e. The smallest absolute Gasteiger partial charge is 0.259 e. The Morgan fingerprint density at radius 2 is 1.49 bits per heavy atom. The quantitative estimate of drug-likeness (QED) is 0.0442. The lowest BCUT2D eigenvalue weighted by Crippen LogP contribution is -2.31. The summed E-state index contributed by atoms with van der Waals surface area (Å²) in [5, 5.41) is 0. The van der Waals surface area contributed by atoms with Gasteiger partial charge in [0.1, 0.15) is 0 Å². The number of nitrogen functional groups attached to an aromatic ring is 1. The fourth-order valence-corrected chi connectivity index (χ4v) is 10.5. The van der Waals surface area contributed by atoms with Gasteiger partial charge >= 0.3 is 0 Å². The second kappa shape index (κ2) is 21.5. The topological polar surface area (TPSA) is 100 Å². The molecule has 69 heavy (non-hydrogen) atoms. The average molecular weight is 921 g/mol. The van der Waals surface area contributed by atoms with Gasteiger partial charge in [-0.15, -0.1) is 5.73 Å². The minimum absolute atomic E-state index is 0.0308. The zero-order valence-corrected chi connectivity index (χ0v) is 40.3. The van der Waals surface area contributed by atoms with Crippen LogP contribution in [0.15, 0.2) is 139 Å². The fourth-order valence-electron chi connectivity index (χ4n) is 10.5. The summed E-state index contributed by atoms with van der Waals surface area (Å²) >= 11 is 0. The highest BCUT2D eigenvalue weighted by Gasteiger charge is 2.32. The lowest BCUT2D eigenvalue weighted by Gasteiger charge is -2.23. The molecule has 4 aromatic carbocycles. The standard InChI is InChI=1S/C61H64N2O6/c1-5-10-41-16-15-40(2)45(22-17-41)31-42-18-20-43(21-19-42)47-23-24-48-34-56(64)54-37-57(66-3)59(35-49(54)13-8-12-46(48)32-47)68-29-9-30-69-60-36-50-11-6-7-14-53-33-51(44-25-27-52(62)28-26-44)39-63(53)61(65)55(50)38-58(60)67-4/h6-7,11-14,18-21,23-28,35-39,41,45-46,53H,2,5,9-10,15-17,22,29-34,62H2,1,3-4H3/b11-6+,14-7+/t8?,41?,45?,46-,53-/m1/s1. The van der Waals surface area contributed by atoms with E-state index in [1.54, 1.807) is 31.3 Å². The van der Waals surface area contributed by atoms with Crippen LogP contribution in [-0.2, 0) is 6.42 Å². The summed E-state index contributed by atoms with van der Waals surface area (Å²) in [6.07, 6.45) is 29.2. The molecule has 3 aliphatic carbocycles. The summed E-state index contributed by atoms with van der Waals surface area (Å²) in [7, 11) is 3.16. The van der Waals surface area contributed by atoms with Crippen LogP contribution in [0.1, 0.15) is 120 Å². The van der Waals surface area contributed by atoms with Gasteiger partial charge in [-0.3, -0.25) is 9.59 Å². The number of carbonyl (C=O) groups is 2. The Morgan fingerprint density at radius 1 is 0.783 bits per heavy atom. The van der Waals surface area contributed by atoms with E-state index >= 15 is 0 Å². The number of ketones is 1. The number of nitrogens with zero attached hydrogens (tertiary/aromatic N) is 1. The molecule has 8 nitrogen and oxygen atoms in total. The van der Waals surface area contributed by atoms with E-state index in [0.717, 1.165) is 53.0 Å². The molecule has 8 heteroatoms. The van der Waals surface area contributed by atoms with Crippen molar-refractivity contribution in [3.05, 3.63) is 178 Å². The highest BCUT2D eigenvalue weighted by atomic mass is 16.5. The van der Waals surface area contributed by atoms with Crippen molar-refractivity contribution in [2.75, 3.05) is 33.2 Å². The van der Waals surface area contributed by atoms with Crippen molar-refractivity contribution >= 4 is 40.7 Å². The van der Waals surface area contributed by atoms with Crippen molar-refractivity contribution in [3.63, 3.8) is 0 Å². The number of hydrogen-bond donors (Lipinski definition) is 1. The normalized spacial score (nSPS) is 21.8. The van der Waals surface area contributed by atoms with Crippen LogP contribution in [0.5, 0.6) is 23.0 Å². The Labute approximate surface area is 407 Å². The van der Waals surface area contributed by atoms with E-state index in [1.165, 1.54) is 54.4 Å². The number of ether oxygens (including phenoxy) is 4. The molecule has 1 saturated carbocycles. The van der Waals surface area contributed by atoms with Crippen molar-refractivity contribution in [3.8, 4) is 23.0 Å². The van der Waals surface area contributed by atoms with Gasteiger partial charge in [0.25, 0.3) is 5.91 Å². The number of anilines is 1. The highest BCUT2D eigenvalue weighted by Crippen LogP contribution is 2.40. The number of amides is 1. The van der Waals surface area contributed by atoms with Crippen molar-refractivity contribution in [2.45, 2.75) is 83.6 Å². The predicted molar refractivity (Wildman–Crippen MR) is 278 cm³/mol. The van der Waals surface area contributed by atoms with E-state index in [-0.39, 0.29) is 23.7 Å². The van der Waals surface area contributed by atoms with Crippen molar-refractivity contribution < 1.29 is 28.5 Å². The van der Waals surface area contributed by atoms with E-state index < -0.39 is 0 Å². The number of methoxy groups -OCH3 is 2. The maximum Gasteiger partial charge on any atom is 0.259 e. The van der Waals surface area contributed by atoms with Crippen LogP contribution < -0.4 is 24.7 Å². The monoisotopic (exact) mass is 920 g/mol. The fraction of sp³-hybridized carbons (Fsp3) is 0.328. The molecule has 1 amide bonds. The van der Waals surface area contributed by atoms with Gasteiger partial charge < -0.3 is 29.6 Å². The van der Waals surface area contributed by atoms with E-state index in [1.807, 2.05) is 66.9 Å². The molecule has 5 aliphatic rings. The minimum atomic E-state index is -0.119. The number of rotatable bonds is 14. The zero-order valence-electron chi connectivity index (χ0n) is 40.3. The van der Waals surface area contributed by atoms with Gasteiger partial charge in [0.05, 0.1) is 39.0 Å². The number of allylic oxidation sites excluding steroid dienone is 8. The second-order valence-electron chi connectivity index (χ2n) is 19.1. The molecule has 0 radical (unpaired) electrons. The minimum Gasteiger partial charge on any atom is -0.493 e. The zero-order chi connectivity index (χ0) is 47.9. The summed E-state index contributed by atoms with van der Waals surface area (Å²) < 4.78 is 24.1. The van der Waals surface area contributed by atoms with Gasteiger partial charge in [-0.1, -0.05) is 110 Å². The summed E-state index contributed by atoms with van der Waals surface area (Å²) in [6, 6.07) is 24.0. The van der Waals surface area contributed by atoms with Gasteiger partial charge in [0.15, 0.2) is 28.8 Å². The first kappa shape index (κ1) is 47.1. The summed E-state index contributed by atoms with van der Waals surface area (Å²) in [5.41, 5.74) is 21.1. The third-order valence-corrected chi connectivity index (χ3v) is 14.5. The van der Waals surface area contributed by atoms with Crippen molar-refractivity contribution in [2.24, 2.45) is 17.8 Å². The van der Waals surface area contributed by atoms with Crippen LogP contribution >= 0.6 is 0 Å². The molecule has 1 fully saturated rings. The lowest BCUT2D eigenvalue weighted by molar-refractivity contribution is 0.0805.